The molecule has 1 saturated heterocycles. The summed E-state index contributed by atoms with van der Waals surface area (Å²) in [6.07, 6.45) is 2.05. The van der Waals surface area contributed by atoms with Crippen LogP contribution in [0.4, 0.5) is 5.69 Å². The highest BCUT2D eigenvalue weighted by Crippen LogP contribution is 2.32. The molecular weight excluding hydrogens is 384 g/mol. The first-order valence-electron chi connectivity index (χ1n) is 8.61. The van der Waals surface area contributed by atoms with Crippen molar-refractivity contribution < 1.29 is 17.9 Å². The minimum atomic E-state index is -3.58. The minimum absolute atomic E-state index is 0.220. The molecule has 0 aromatic heterocycles. The van der Waals surface area contributed by atoms with Gasteiger partial charge in [0, 0.05) is 37.1 Å². The lowest BCUT2D eigenvalue weighted by Gasteiger charge is -2.36. The van der Waals surface area contributed by atoms with Crippen molar-refractivity contribution in [2.45, 2.75) is 9.79 Å². The zero-order valence-electron chi connectivity index (χ0n) is 15.7. The number of hydrogen-bond acceptors (Lipinski definition) is 6. The first kappa shape index (κ1) is 19.9. The van der Waals surface area contributed by atoms with E-state index in [1.54, 1.807) is 23.9 Å². The summed E-state index contributed by atoms with van der Waals surface area (Å²) >= 11 is 1.70. The fourth-order valence-corrected chi connectivity index (χ4v) is 5.25. The Bertz CT molecular complexity index is 894. The largest absolute Gasteiger partial charge is 0.493 e. The lowest BCUT2D eigenvalue weighted by atomic mass is 10.2. The zero-order chi connectivity index (χ0) is 19.4. The third-order valence-electron chi connectivity index (χ3n) is 4.66. The Labute approximate surface area is 165 Å². The van der Waals surface area contributed by atoms with Crippen LogP contribution in [0.5, 0.6) is 11.5 Å². The predicted octanol–water partition coefficient (Wildman–Crippen LogP) is 2.94. The number of rotatable bonds is 6. The molecular formula is C19H24N2O4S2. The van der Waals surface area contributed by atoms with Gasteiger partial charge in [-0.3, -0.25) is 0 Å². The second-order valence-corrected chi connectivity index (χ2v) is 8.87. The van der Waals surface area contributed by atoms with Crippen molar-refractivity contribution in [2.75, 3.05) is 51.6 Å². The molecule has 6 nitrogen and oxygen atoms in total. The number of nitrogens with zero attached hydrogens (tertiary/aromatic N) is 2. The van der Waals surface area contributed by atoms with Crippen LogP contribution in [0.3, 0.4) is 0 Å². The van der Waals surface area contributed by atoms with E-state index in [2.05, 4.69) is 23.3 Å². The molecule has 0 radical (unpaired) electrons. The molecule has 2 aromatic carbocycles. The van der Waals surface area contributed by atoms with Crippen molar-refractivity contribution in [3.8, 4) is 11.5 Å². The molecule has 0 unspecified atom stereocenters. The van der Waals surface area contributed by atoms with Gasteiger partial charge in [0.15, 0.2) is 11.5 Å². The summed E-state index contributed by atoms with van der Waals surface area (Å²) in [7, 11) is -0.553. The fourth-order valence-electron chi connectivity index (χ4n) is 3.19. The smallest absolute Gasteiger partial charge is 0.243 e. The molecule has 3 rings (SSSR count). The maximum Gasteiger partial charge on any atom is 0.243 e. The van der Waals surface area contributed by atoms with E-state index in [1.807, 2.05) is 12.1 Å². The molecule has 1 fully saturated rings. The summed E-state index contributed by atoms with van der Waals surface area (Å²) in [5.74, 6) is 0.918. The molecule has 0 atom stereocenters. The minimum Gasteiger partial charge on any atom is -0.493 e. The van der Waals surface area contributed by atoms with E-state index >= 15 is 0 Å². The van der Waals surface area contributed by atoms with E-state index in [4.69, 9.17) is 9.47 Å². The maximum absolute atomic E-state index is 13.0. The van der Waals surface area contributed by atoms with E-state index in [1.165, 1.54) is 29.5 Å². The number of anilines is 1. The molecule has 0 bridgehead atoms. The van der Waals surface area contributed by atoms with Gasteiger partial charge >= 0.3 is 0 Å². The van der Waals surface area contributed by atoms with E-state index < -0.39 is 10.0 Å². The normalized spacial score (nSPS) is 15.6. The standard InChI is InChI=1S/C19H24N2O4S2/c1-24-17-9-8-15(14-18(17)25-2)27(22,23)21-12-10-20(11-13-21)16-6-4-5-7-19(16)26-3/h4-9,14H,10-13H2,1-3H3. The van der Waals surface area contributed by atoms with Crippen LogP contribution in [0.2, 0.25) is 0 Å². The summed E-state index contributed by atoms with van der Waals surface area (Å²) in [5.41, 5.74) is 1.16. The number of para-hydroxylation sites is 1. The lowest BCUT2D eigenvalue weighted by molar-refractivity contribution is 0.353. The number of sulfonamides is 1. The van der Waals surface area contributed by atoms with Crippen LogP contribution >= 0.6 is 11.8 Å². The highest BCUT2D eigenvalue weighted by atomic mass is 32.2. The quantitative estimate of drug-likeness (QED) is 0.685. The van der Waals surface area contributed by atoms with Crippen molar-refractivity contribution in [1.29, 1.82) is 0 Å². The summed E-state index contributed by atoms with van der Waals surface area (Å²) < 4.78 is 38.0. The average Bonchev–Trinajstić information content (AvgIpc) is 2.73. The van der Waals surface area contributed by atoms with Crippen molar-refractivity contribution in [1.82, 2.24) is 4.31 Å². The Morgan fingerprint density at radius 3 is 2.22 bits per heavy atom. The van der Waals surface area contributed by atoms with Crippen LogP contribution in [0.15, 0.2) is 52.3 Å². The fraction of sp³-hybridized carbons (Fsp3) is 0.368. The third kappa shape index (κ3) is 4.02. The molecule has 0 aliphatic carbocycles. The van der Waals surface area contributed by atoms with Gasteiger partial charge in [-0.15, -0.1) is 11.8 Å². The Morgan fingerprint density at radius 2 is 1.59 bits per heavy atom. The second kappa shape index (κ2) is 8.41. The van der Waals surface area contributed by atoms with Crippen molar-refractivity contribution in [2.24, 2.45) is 0 Å². The molecule has 0 saturated carbocycles. The molecule has 1 heterocycles. The van der Waals surface area contributed by atoms with Crippen LogP contribution in [0.1, 0.15) is 0 Å². The SMILES string of the molecule is COc1ccc(S(=O)(=O)N2CCN(c3ccccc3SC)CC2)cc1OC. The third-order valence-corrected chi connectivity index (χ3v) is 7.34. The van der Waals surface area contributed by atoms with Crippen LogP contribution in [0, 0.1) is 0 Å². The van der Waals surface area contributed by atoms with Crippen molar-refractivity contribution in [3.63, 3.8) is 0 Å². The molecule has 146 valence electrons. The number of ether oxygens (including phenoxy) is 2. The molecule has 1 aliphatic rings. The van der Waals surface area contributed by atoms with Gasteiger partial charge in [0.05, 0.1) is 24.8 Å². The van der Waals surface area contributed by atoms with E-state index in [9.17, 15) is 8.42 Å². The van der Waals surface area contributed by atoms with E-state index in [0.717, 1.165) is 5.69 Å². The summed E-state index contributed by atoms with van der Waals surface area (Å²) in [4.78, 5) is 3.67. The van der Waals surface area contributed by atoms with Crippen LogP contribution in [0.25, 0.3) is 0 Å². The monoisotopic (exact) mass is 408 g/mol. The molecule has 1 aliphatic heterocycles. The Kier molecular flexibility index (Phi) is 6.18. The first-order chi connectivity index (χ1) is 13.0. The van der Waals surface area contributed by atoms with Gasteiger partial charge < -0.3 is 14.4 Å². The number of methoxy groups -OCH3 is 2. The number of piperazine rings is 1. The molecule has 2 aromatic rings. The maximum atomic E-state index is 13.0. The molecule has 27 heavy (non-hydrogen) atoms. The zero-order valence-corrected chi connectivity index (χ0v) is 17.3. The van der Waals surface area contributed by atoms with Gasteiger partial charge in [-0.05, 0) is 30.5 Å². The molecule has 0 amide bonds. The molecule has 0 spiro atoms. The van der Waals surface area contributed by atoms with Gasteiger partial charge in [0.2, 0.25) is 10.0 Å². The molecule has 0 N–H and O–H groups in total. The van der Waals surface area contributed by atoms with Gasteiger partial charge in [-0.2, -0.15) is 4.31 Å². The first-order valence-corrected chi connectivity index (χ1v) is 11.3. The number of thioether (sulfide) groups is 1. The topological polar surface area (TPSA) is 59.1 Å². The predicted molar refractivity (Wildman–Crippen MR) is 109 cm³/mol. The lowest BCUT2D eigenvalue weighted by Crippen LogP contribution is -2.48. The summed E-state index contributed by atoms with van der Waals surface area (Å²) in [6.45, 7) is 2.20. The van der Waals surface area contributed by atoms with Gasteiger partial charge in [-0.1, -0.05) is 12.1 Å². The van der Waals surface area contributed by atoms with Crippen LogP contribution in [-0.4, -0.2) is 59.4 Å². The Morgan fingerprint density at radius 1 is 0.926 bits per heavy atom. The average molecular weight is 409 g/mol. The number of hydrogen-bond donors (Lipinski definition) is 0. The second-order valence-electron chi connectivity index (χ2n) is 6.08. The van der Waals surface area contributed by atoms with Gasteiger partial charge in [0.25, 0.3) is 0 Å². The summed E-state index contributed by atoms with van der Waals surface area (Å²) in [6, 6.07) is 12.9. The Balaban J connectivity index is 1.77. The van der Waals surface area contributed by atoms with Gasteiger partial charge in [0.1, 0.15) is 0 Å². The van der Waals surface area contributed by atoms with E-state index in [-0.39, 0.29) is 4.90 Å². The molecule has 8 heteroatoms. The van der Waals surface area contributed by atoms with E-state index in [0.29, 0.717) is 37.7 Å². The van der Waals surface area contributed by atoms with Crippen LogP contribution in [-0.2, 0) is 10.0 Å². The van der Waals surface area contributed by atoms with Crippen LogP contribution < -0.4 is 14.4 Å². The van der Waals surface area contributed by atoms with Gasteiger partial charge in [-0.25, -0.2) is 8.42 Å². The number of benzene rings is 2. The van der Waals surface area contributed by atoms with Crippen molar-refractivity contribution in [3.05, 3.63) is 42.5 Å². The van der Waals surface area contributed by atoms with Crippen molar-refractivity contribution >= 4 is 27.5 Å². The highest BCUT2D eigenvalue weighted by Gasteiger charge is 2.29. The summed E-state index contributed by atoms with van der Waals surface area (Å²) in [5, 5.41) is 0. The Hall–Kier alpha value is -1.90. The highest BCUT2D eigenvalue weighted by molar-refractivity contribution is 7.98.